The monoisotopic (exact) mass is 402 g/mol. The molecule has 1 aliphatic heterocycles. The standard InChI is InChI=1S/C20H26N4O3S/c1-13(2)24(14(3)4)12-16-8-6-7-15(9-16)11-21-23-20-22-19(26)17(28-20)10-18(25)27-5/h6-11,13-14H,12H2,1-5H3,(H,22,23,26)/b17-10+,21-11?. The maximum Gasteiger partial charge on any atom is 0.331 e. The van der Waals surface area contributed by atoms with Crippen LogP contribution in [0.5, 0.6) is 0 Å². The second-order valence-electron chi connectivity index (χ2n) is 6.84. The Balaban J connectivity index is 2.05. The Morgan fingerprint density at radius 2 is 2.00 bits per heavy atom. The zero-order chi connectivity index (χ0) is 20.7. The highest BCUT2D eigenvalue weighted by molar-refractivity contribution is 8.18. The van der Waals surface area contributed by atoms with Gasteiger partial charge in [-0.25, -0.2) is 4.79 Å². The molecule has 2 rings (SSSR count). The van der Waals surface area contributed by atoms with Crippen molar-refractivity contribution in [3.05, 3.63) is 46.4 Å². The Morgan fingerprint density at radius 1 is 1.29 bits per heavy atom. The lowest BCUT2D eigenvalue weighted by atomic mass is 10.1. The van der Waals surface area contributed by atoms with Crippen molar-refractivity contribution in [3.63, 3.8) is 0 Å². The van der Waals surface area contributed by atoms with Gasteiger partial charge >= 0.3 is 5.97 Å². The molecule has 1 heterocycles. The summed E-state index contributed by atoms with van der Waals surface area (Å²) in [6.45, 7) is 9.63. The number of carbonyl (C=O) groups excluding carboxylic acids is 2. The first kappa shape index (κ1) is 21.8. The first-order valence-corrected chi connectivity index (χ1v) is 9.86. The van der Waals surface area contributed by atoms with Gasteiger partial charge in [-0.2, -0.15) is 5.10 Å². The summed E-state index contributed by atoms with van der Waals surface area (Å²) in [4.78, 5) is 25.7. The molecular weight excluding hydrogens is 376 g/mol. The summed E-state index contributed by atoms with van der Waals surface area (Å²) in [7, 11) is 1.26. The van der Waals surface area contributed by atoms with Crippen LogP contribution in [0.1, 0.15) is 38.8 Å². The molecular formula is C20H26N4O3S. The highest BCUT2D eigenvalue weighted by Gasteiger charge is 2.25. The van der Waals surface area contributed by atoms with Gasteiger partial charge in [0.1, 0.15) is 0 Å². The van der Waals surface area contributed by atoms with E-state index in [0.29, 0.717) is 17.3 Å². The fraction of sp³-hybridized carbons (Fsp3) is 0.400. The Kier molecular flexibility index (Phi) is 7.95. The van der Waals surface area contributed by atoms with Gasteiger partial charge in [0.25, 0.3) is 5.91 Å². The topological polar surface area (TPSA) is 83.4 Å². The van der Waals surface area contributed by atoms with Crippen molar-refractivity contribution in [1.82, 2.24) is 10.2 Å². The Hall–Kier alpha value is -2.45. The van der Waals surface area contributed by atoms with Gasteiger partial charge in [0.2, 0.25) is 0 Å². The lowest BCUT2D eigenvalue weighted by molar-refractivity contribution is -0.135. The van der Waals surface area contributed by atoms with Crippen molar-refractivity contribution in [2.24, 2.45) is 10.2 Å². The van der Waals surface area contributed by atoms with E-state index >= 15 is 0 Å². The summed E-state index contributed by atoms with van der Waals surface area (Å²) in [5.41, 5.74) is 2.12. The summed E-state index contributed by atoms with van der Waals surface area (Å²) in [5.74, 6) is -0.982. The molecule has 150 valence electrons. The molecule has 1 amide bonds. The van der Waals surface area contributed by atoms with Crippen molar-refractivity contribution in [2.45, 2.75) is 46.3 Å². The molecule has 28 heavy (non-hydrogen) atoms. The molecule has 1 N–H and O–H groups in total. The molecule has 0 aliphatic carbocycles. The lowest BCUT2D eigenvalue weighted by Crippen LogP contribution is -2.36. The molecule has 0 aromatic heterocycles. The number of nitrogens with one attached hydrogen (secondary N) is 1. The zero-order valence-electron chi connectivity index (χ0n) is 16.8. The second-order valence-corrected chi connectivity index (χ2v) is 7.87. The molecule has 0 spiro atoms. The average Bonchev–Trinajstić information content (AvgIpc) is 2.98. The number of carbonyl (C=O) groups is 2. The third-order valence-corrected chi connectivity index (χ3v) is 5.00. The average molecular weight is 403 g/mol. The van der Waals surface area contributed by atoms with Crippen LogP contribution in [0.25, 0.3) is 0 Å². The Labute approximate surface area is 169 Å². The number of esters is 1. The molecule has 8 heteroatoms. The van der Waals surface area contributed by atoms with Crippen molar-refractivity contribution in [3.8, 4) is 0 Å². The van der Waals surface area contributed by atoms with Crippen LogP contribution < -0.4 is 5.32 Å². The number of hydrogen-bond donors (Lipinski definition) is 1. The van der Waals surface area contributed by atoms with Crippen LogP contribution in [0.3, 0.4) is 0 Å². The minimum atomic E-state index is -0.587. The van der Waals surface area contributed by atoms with Gasteiger partial charge in [-0.1, -0.05) is 18.2 Å². The minimum Gasteiger partial charge on any atom is -0.466 e. The van der Waals surface area contributed by atoms with Crippen LogP contribution in [-0.2, 0) is 20.9 Å². The van der Waals surface area contributed by atoms with E-state index in [1.807, 2.05) is 12.1 Å². The van der Waals surface area contributed by atoms with E-state index in [-0.39, 0.29) is 4.91 Å². The maximum atomic E-state index is 11.8. The van der Waals surface area contributed by atoms with Crippen LogP contribution in [0.15, 0.2) is 45.4 Å². The quantitative estimate of drug-likeness (QED) is 0.328. The van der Waals surface area contributed by atoms with Crippen molar-refractivity contribution in [2.75, 3.05) is 7.11 Å². The van der Waals surface area contributed by atoms with Crippen molar-refractivity contribution < 1.29 is 14.3 Å². The number of benzene rings is 1. The first-order chi connectivity index (χ1) is 13.3. The predicted molar refractivity (Wildman–Crippen MR) is 113 cm³/mol. The Bertz CT molecular complexity index is 807. The van der Waals surface area contributed by atoms with Crippen molar-refractivity contribution >= 4 is 35.0 Å². The van der Waals surface area contributed by atoms with Gasteiger partial charge in [-0.05, 0) is 56.7 Å². The highest BCUT2D eigenvalue weighted by Crippen LogP contribution is 2.23. The van der Waals surface area contributed by atoms with E-state index in [0.717, 1.165) is 29.9 Å². The van der Waals surface area contributed by atoms with E-state index in [9.17, 15) is 9.59 Å². The summed E-state index contributed by atoms with van der Waals surface area (Å²) in [5, 5.41) is 10.9. The van der Waals surface area contributed by atoms with Gasteiger partial charge in [-0.15, -0.1) is 5.10 Å². The van der Waals surface area contributed by atoms with E-state index in [2.05, 4.69) is 65.0 Å². The Morgan fingerprint density at radius 3 is 2.64 bits per heavy atom. The molecule has 7 nitrogen and oxygen atoms in total. The predicted octanol–water partition coefficient (Wildman–Crippen LogP) is 2.92. The van der Waals surface area contributed by atoms with Crippen LogP contribution in [0.4, 0.5) is 0 Å². The highest BCUT2D eigenvalue weighted by atomic mass is 32.2. The summed E-state index contributed by atoms with van der Waals surface area (Å²) in [6, 6.07) is 9.03. The third-order valence-electron chi connectivity index (χ3n) is 4.10. The molecule has 1 saturated heterocycles. The van der Waals surface area contributed by atoms with Gasteiger partial charge < -0.3 is 4.74 Å². The van der Waals surface area contributed by atoms with Crippen molar-refractivity contribution in [1.29, 1.82) is 0 Å². The van der Waals surface area contributed by atoms with Crippen LogP contribution in [0, 0.1) is 0 Å². The maximum absolute atomic E-state index is 11.8. The normalized spacial score (nSPS) is 17.5. The number of nitrogens with zero attached hydrogens (tertiary/aromatic N) is 3. The number of amidine groups is 1. The van der Waals surface area contributed by atoms with E-state index in [4.69, 9.17) is 0 Å². The molecule has 1 aliphatic rings. The van der Waals surface area contributed by atoms with Gasteiger partial charge in [-0.3, -0.25) is 15.0 Å². The molecule has 1 aromatic rings. The molecule has 0 bridgehead atoms. The fourth-order valence-corrected chi connectivity index (χ4v) is 3.47. The number of hydrogen-bond acceptors (Lipinski definition) is 7. The van der Waals surface area contributed by atoms with Crippen LogP contribution >= 0.6 is 11.8 Å². The van der Waals surface area contributed by atoms with E-state index in [1.165, 1.54) is 12.7 Å². The number of thioether (sulfide) groups is 1. The number of methoxy groups -OCH3 is 1. The van der Waals surface area contributed by atoms with Gasteiger partial charge in [0, 0.05) is 24.7 Å². The summed E-state index contributed by atoms with van der Waals surface area (Å²) >= 11 is 1.04. The molecule has 0 saturated carbocycles. The van der Waals surface area contributed by atoms with Crippen LogP contribution in [0.2, 0.25) is 0 Å². The van der Waals surface area contributed by atoms with E-state index in [1.54, 1.807) is 6.21 Å². The minimum absolute atomic E-state index is 0.227. The lowest BCUT2D eigenvalue weighted by Gasteiger charge is -2.30. The molecule has 1 aromatic carbocycles. The summed E-state index contributed by atoms with van der Waals surface area (Å²) in [6.07, 6.45) is 2.77. The second kappa shape index (κ2) is 10.2. The smallest absolute Gasteiger partial charge is 0.331 e. The fourth-order valence-electron chi connectivity index (χ4n) is 2.73. The molecule has 0 radical (unpaired) electrons. The van der Waals surface area contributed by atoms with Crippen LogP contribution in [-0.4, -0.2) is 47.4 Å². The number of ether oxygens (including phenoxy) is 1. The number of amides is 1. The zero-order valence-corrected chi connectivity index (χ0v) is 17.6. The SMILES string of the molecule is COC(=O)/C=C1/S/C(=N\N=Cc2cccc(CN(C(C)C)C(C)C)c2)NC1=O. The first-order valence-electron chi connectivity index (χ1n) is 9.04. The summed E-state index contributed by atoms with van der Waals surface area (Å²) < 4.78 is 4.52. The van der Waals surface area contributed by atoms with Gasteiger partial charge in [0.05, 0.1) is 18.2 Å². The van der Waals surface area contributed by atoms with Gasteiger partial charge in [0.15, 0.2) is 5.17 Å². The number of rotatable bonds is 7. The third kappa shape index (κ3) is 6.31. The largest absolute Gasteiger partial charge is 0.466 e. The molecule has 1 fully saturated rings. The van der Waals surface area contributed by atoms with E-state index < -0.39 is 11.9 Å². The molecule has 0 atom stereocenters. The molecule has 0 unspecified atom stereocenters.